The second-order valence-corrected chi connectivity index (χ2v) is 7.11. The van der Waals surface area contributed by atoms with Crippen molar-refractivity contribution in [3.8, 4) is 0 Å². The van der Waals surface area contributed by atoms with E-state index in [9.17, 15) is 18.8 Å². The Balaban J connectivity index is 2.66. The molecule has 7 heteroatoms. The predicted molar refractivity (Wildman–Crippen MR) is 91.3 cm³/mol. The van der Waals surface area contributed by atoms with E-state index >= 15 is 0 Å². The van der Waals surface area contributed by atoms with Crippen molar-refractivity contribution in [2.75, 3.05) is 6.61 Å². The first-order chi connectivity index (χ1) is 11.5. The van der Waals surface area contributed by atoms with Crippen molar-refractivity contribution in [2.45, 2.75) is 46.2 Å². The first kappa shape index (κ1) is 20.6. The van der Waals surface area contributed by atoms with E-state index in [0.717, 1.165) is 12.1 Å². The highest BCUT2D eigenvalue weighted by molar-refractivity contribution is 5.97. The summed E-state index contributed by atoms with van der Waals surface area (Å²) in [6.45, 7) is 8.50. The van der Waals surface area contributed by atoms with Gasteiger partial charge < -0.3 is 15.4 Å². The van der Waals surface area contributed by atoms with E-state index in [1.807, 2.05) is 20.8 Å². The Kier molecular flexibility index (Phi) is 7.09. The van der Waals surface area contributed by atoms with Crippen LogP contribution in [0.15, 0.2) is 24.3 Å². The summed E-state index contributed by atoms with van der Waals surface area (Å²) < 4.78 is 17.9. The van der Waals surface area contributed by atoms with Gasteiger partial charge >= 0.3 is 5.97 Å². The van der Waals surface area contributed by atoms with Crippen LogP contribution in [0.1, 0.15) is 45.0 Å². The van der Waals surface area contributed by atoms with Crippen molar-refractivity contribution in [3.63, 3.8) is 0 Å². The minimum absolute atomic E-state index is 0.227. The van der Waals surface area contributed by atoms with Crippen LogP contribution >= 0.6 is 0 Å². The normalized spacial score (nSPS) is 12.4. The highest BCUT2D eigenvalue weighted by Crippen LogP contribution is 2.08. The van der Waals surface area contributed by atoms with Gasteiger partial charge in [0, 0.05) is 11.1 Å². The summed E-state index contributed by atoms with van der Waals surface area (Å²) in [4.78, 5) is 36.1. The largest absolute Gasteiger partial charge is 0.454 e. The number of amides is 2. The molecule has 0 unspecified atom stereocenters. The molecule has 0 aliphatic carbocycles. The monoisotopic (exact) mass is 352 g/mol. The second-order valence-electron chi connectivity index (χ2n) is 7.11. The van der Waals surface area contributed by atoms with Gasteiger partial charge in [0.1, 0.15) is 11.9 Å². The van der Waals surface area contributed by atoms with Crippen LogP contribution in [0.2, 0.25) is 0 Å². The van der Waals surface area contributed by atoms with Crippen molar-refractivity contribution >= 4 is 17.8 Å². The molecule has 0 aliphatic rings. The molecule has 0 aromatic heterocycles. The van der Waals surface area contributed by atoms with E-state index in [-0.39, 0.29) is 11.5 Å². The molecule has 1 aromatic rings. The first-order valence-corrected chi connectivity index (χ1v) is 8.03. The molecular formula is C18H25FN2O4. The molecule has 0 aliphatic heterocycles. The van der Waals surface area contributed by atoms with Gasteiger partial charge in [0.05, 0.1) is 0 Å². The van der Waals surface area contributed by atoms with Gasteiger partial charge in [-0.15, -0.1) is 0 Å². The molecule has 1 aromatic carbocycles. The van der Waals surface area contributed by atoms with Gasteiger partial charge in [0.25, 0.3) is 11.8 Å². The van der Waals surface area contributed by atoms with Gasteiger partial charge in [-0.3, -0.25) is 9.59 Å². The van der Waals surface area contributed by atoms with Crippen molar-refractivity contribution in [1.82, 2.24) is 10.6 Å². The molecule has 25 heavy (non-hydrogen) atoms. The maximum atomic E-state index is 12.9. The van der Waals surface area contributed by atoms with E-state index in [1.165, 1.54) is 12.1 Å². The summed E-state index contributed by atoms with van der Waals surface area (Å²) in [5, 5.41) is 5.23. The third-order valence-corrected chi connectivity index (χ3v) is 3.17. The topological polar surface area (TPSA) is 84.5 Å². The Morgan fingerprint density at radius 3 is 2.16 bits per heavy atom. The third kappa shape index (κ3) is 7.32. The number of benzene rings is 1. The molecule has 0 saturated carbocycles. The number of carbonyl (C=O) groups excluding carboxylic acids is 3. The molecule has 6 nitrogen and oxygen atoms in total. The van der Waals surface area contributed by atoms with Crippen LogP contribution in [0.25, 0.3) is 0 Å². The van der Waals surface area contributed by atoms with Gasteiger partial charge in [-0.05, 0) is 51.0 Å². The van der Waals surface area contributed by atoms with Gasteiger partial charge in [-0.25, -0.2) is 9.18 Å². The highest BCUT2D eigenvalue weighted by Gasteiger charge is 2.27. The van der Waals surface area contributed by atoms with Crippen molar-refractivity contribution < 1.29 is 23.5 Å². The zero-order chi connectivity index (χ0) is 19.2. The summed E-state index contributed by atoms with van der Waals surface area (Å²) in [5.41, 5.74) is -0.206. The van der Waals surface area contributed by atoms with E-state index in [4.69, 9.17) is 4.74 Å². The minimum atomic E-state index is -0.917. The van der Waals surface area contributed by atoms with Gasteiger partial charge in [0.2, 0.25) is 0 Å². The fourth-order valence-electron chi connectivity index (χ4n) is 2.00. The average Bonchev–Trinajstić information content (AvgIpc) is 2.48. The fourth-order valence-corrected chi connectivity index (χ4v) is 2.00. The van der Waals surface area contributed by atoms with Crippen molar-refractivity contribution in [1.29, 1.82) is 0 Å². The van der Waals surface area contributed by atoms with Gasteiger partial charge in [0.15, 0.2) is 6.61 Å². The van der Waals surface area contributed by atoms with Crippen molar-refractivity contribution in [2.24, 2.45) is 5.92 Å². The number of esters is 1. The van der Waals surface area contributed by atoms with Crippen LogP contribution < -0.4 is 10.6 Å². The molecule has 0 bridgehead atoms. The van der Waals surface area contributed by atoms with Crippen molar-refractivity contribution in [3.05, 3.63) is 35.6 Å². The molecule has 2 amide bonds. The number of halogens is 1. The molecule has 0 heterocycles. The second kappa shape index (κ2) is 8.60. The lowest BCUT2D eigenvalue weighted by atomic mass is 10.0. The quantitative estimate of drug-likeness (QED) is 0.768. The summed E-state index contributed by atoms with van der Waals surface area (Å²) in [5.74, 6) is -2.35. The van der Waals surface area contributed by atoms with Crippen LogP contribution in [-0.2, 0) is 14.3 Å². The number of nitrogens with one attached hydrogen (secondary N) is 2. The van der Waals surface area contributed by atoms with Crippen LogP contribution in [0.4, 0.5) is 4.39 Å². The zero-order valence-corrected chi connectivity index (χ0v) is 15.2. The Bertz CT molecular complexity index is 621. The lowest BCUT2D eigenvalue weighted by Crippen LogP contribution is -2.47. The van der Waals surface area contributed by atoms with Crippen LogP contribution in [0.3, 0.4) is 0 Å². The predicted octanol–water partition coefficient (Wildman–Crippen LogP) is 2.04. The number of ether oxygens (including phenoxy) is 1. The maximum Gasteiger partial charge on any atom is 0.329 e. The maximum absolute atomic E-state index is 12.9. The molecule has 1 rings (SSSR count). The molecular weight excluding hydrogens is 327 g/mol. The average molecular weight is 352 g/mol. The van der Waals surface area contributed by atoms with E-state index in [2.05, 4.69) is 10.6 Å². The molecule has 1 atom stereocenters. The first-order valence-electron chi connectivity index (χ1n) is 8.03. The minimum Gasteiger partial charge on any atom is -0.454 e. The smallest absolute Gasteiger partial charge is 0.329 e. The zero-order valence-electron chi connectivity index (χ0n) is 15.2. The van der Waals surface area contributed by atoms with Crippen LogP contribution in [0, 0.1) is 11.7 Å². The number of rotatable bonds is 6. The summed E-state index contributed by atoms with van der Waals surface area (Å²) in [7, 11) is 0. The van der Waals surface area contributed by atoms with Crippen LogP contribution in [-0.4, -0.2) is 36.0 Å². The Hall–Kier alpha value is -2.44. The number of hydrogen-bond acceptors (Lipinski definition) is 4. The summed E-state index contributed by atoms with van der Waals surface area (Å²) in [6, 6.07) is 4.05. The lowest BCUT2D eigenvalue weighted by Gasteiger charge is -2.23. The molecule has 0 saturated heterocycles. The Labute approximate surface area is 147 Å². The molecule has 0 fully saturated rings. The summed E-state index contributed by atoms with van der Waals surface area (Å²) >= 11 is 0. The standard InChI is InChI=1S/C18H25FN2O4/c1-11(2)15(17(24)25-10-14(22)21-18(3,4)5)20-16(23)12-6-8-13(19)9-7-12/h6-9,11,15H,10H2,1-5H3,(H,20,23)(H,21,22)/t15-/m0/s1. The lowest BCUT2D eigenvalue weighted by molar-refractivity contribution is -0.151. The number of hydrogen-bond donors (Lipinski definition) is 2. The molecule has 138 valence electrons. The third-order valence-electron chi connectivity index (χ3n) is 3.17. The molecule has 0 radical (unpaired) electrons. The van der Waals surface area contributed by atoms with E-state index < -0.39 is 41.8 Å². The van der Waals surface area contributed by atoms with Gasteiger partial charge in [-0.2, -0.15) is 0 Å². The summed E-state index contributed by atoms with van der Waals surface area (Å²) in [6.07, 6.45) is 0. The molecule has 0 spiro atoms. The SMILES string of the molecule is CC(C)[C@H](NC(=O)c1ccc(F)cc1)C(=O)OCC(=O)NC(C)(C)C. The highest BCUT2D eigenvalue weighted by atomic mass is 19.1. The Morgan fingerprint density at radius 1 is 1.12 bits per heavy atom. The van der Waals surface area contributed by atoms with Crippen LogP contribution in [0.5, 0.6) is 0 Å². The van der Waals surface area contributed by atoms with E-state index in [0.29, 0.717) is 0 Å². The molecule has 2 N–H and O–H groups in total. The van der Waals surface area contributed by atoms with E-state index in [1.54, 1.807) is 13.8 Å². The number of carbonyl (C=O) groups is 3. The fraction of sp³-hybridized carbons (Fsp3) is 0.500. The Morgan fingerprint density at radius 2 is 1.68 bits per heavy atom. The van der Waals surface area contributed by atoms with Gasteiger partial charge in [-0.1, -0.05) is 13.8 Å².